The summed E-state index contributed by atoms with van der Waals surface area (Å²) in [4.78, 5) is 2.62. The fourth-order valence-electron chi connectivity index (χ4n) is 3.46. The Bertz CT molecular complexity index is 380. The number of likely N-dealkylation sites (tertiary alicyclic amines) is 1. The van der Waals surface area contributed by atoms with Crippen molar-refractivity contribution in [2.75, 3.05) is 26.2 Å². The number of hydrogen-bond donors (Lipinski definition) is 2. The maximum absolute atomic E-state index is 9.09. The SMILES string of the molecule is CCCCN1CC(CCCO)CC(NCc2ccccc2)C1. The molecule has 1 aliphatic rings. The van der Waals surface area contributed by atoms with Gasteiger partial charge in [-0.1, -0.05) is 43.7 Å². The van der Waals surface area contributed by atoms with Gasteiger partial charge in [-0.2, -0.15) is 0 Å². The first-order chi connectivity index (χ1) is 10.8. The highest BCUT2D eigenvalue weighted by atomic mass is 16.2. The lowest BCUT2D eigenvalue weighted by molar-refractivity contribution is 0.127. The molecule has 1 fully saturated rings. The number of aliphatic hydroxyl groups excluding tert-OH is 1. The highest BCUT2D eigenvalue weighted by Gasteiger charge is 2.26. The van der Waals surface area contributed by atoms with E-state index in [-0.39, 0.29) is 0 Å². The van der Waals surface area contributed by atoms with E-state index in [9.17, 15) is 0 Å². The van der Waals surface area contributed by atoms with Crippen LogP contribution >= 0.6 is 0 Å². The quantitative estimate of drug-likeness (QED) is 0.736. The van der Waals surface area contributed by atoms with Gasteiger partial charge in [0.05, 0.1) is 0 Å². The maximum atomic E-state index is 9.09. The Morgan fingerprint density at radius 2 is 2.00 bits per heavy atom. The molecule has 0 aromatic heterocycles. The van der Waals surface area contributed by atoms with Crippen LogP contribution in [0.2, 0.25) is 0 Å². The zero-order valence-corrected chi connectivity index (χ0v) is 14.0. The molecule has 0 spiro atoms. The number of nitrogens with one attached hydrogen (secondary N) is 1. The normalized spacial score (nSPS) is 22.8. The molecule has 2 N–H and O–H groups in total. The lowest BCUT2D eigenvalue weighted by Crippen LogP contribution is -2.49. The molecule has 1 aromatic carbocycles. The predicted molar refractivity (Wildman–Crippen MR) is 92.8 cm³/mol. The number of piperidine rings is 1. The van der Waals surface area contributed by atoms with Crippen LogP contribution < -0.4 is 5.32 Å². The summed E-state index contributed by atoms with van der Waals surface area (Å²) in [5.41, 5.74) is 1.36. The van der Waals surface area contributed by atoms with E-state index in [4.69, 9.17) is 5.11 Å². The second-order valence-electron chi connectivity index (χ2n) is 6.64. The van der Waals surface area contributed by atoms with Crippen LogP contribution in [-0.2, 0) is 6.54 Å². The Labute approximate surface area is 135 Å². The molecule has 0 aliphatic carbocycles. The highest BCUT2D eigenvalue weighted by Crippen LogP contribution is 2.22. The van der Waals surface area contributed by atoms with Crippen LogP contribution in [0.3, 0.4) is 0 Å². The fourth-order valence-corrected chi connectivity index (χ4v) is 3.46. The van der Waals surface area contributed by atoms with Crippen LogP contribution in [0.1, 0.15) is 44.6 Å². The molecule has 3 nitrogen and oxygen atoms in total. The van der Waals surface area contributed by atoms with Crippen LogP contribution in [0.15, 0.2) is 30.3 Å². The lowest BCUT2D eigenvalue weighted by atomic mass is 9.90. The Morgan fingerprint density at radius 1 is 1.18 bits per heavy atom. The monoisotopic (exact) mass is 304 g/mol. The van der Waals surface area contributed by atoms with Crippen LogP contribution in [0.25, 0.3) is 0 Å². The third-order valence-corrected chi connectivity index (χ3v) is 4.65. The van der Waals surface area contributed by atoms with Crippen molar-refractivity contribution in [1.82, 2.24) is 10.2 Å². The van der Waals surface area contributed by atoms with E-state index in [1.807, 2.05) is 0 Å². The second-order valence-corrected chi connectivity index (χ2v) is 6.64. The van der Waals surface area contributed by atoms with E-state index in [0.29, 0.717) is 12.6 Å². The minimum absolute atomic E-state index is 0.327. The van der Waals surface area contributed by atoms with Crippen molar-refractivity contribution in [1.29, 1.82) is 0 Å². The molecule has 2 rings (SSSR count). The second kappa shape index (κ2) is 9.98. The maximum Gasteiger partial charge on any atom is 0.0431 e. The Balaban J connectivity index is 1.84. The Hall–Kier alpha value is -0.900. The van der Waals surface area contributed by atoms with E-state index >= 15 is 0 Å². The summed E-state index contributed by atoms with van der Waals surface area (Å²) >= 11 is 0. The smallest absolute Gasteiger partial charge is 0.0431 e. The summed E-state index contributed by atoms with van der Waals surface area (Å²) < 4.78 is 0. The number of nitrogens with zero attached hydrogens (tertiary/aromatic N) is 1. The molecule has 2 unspecified atom stereocenters. The van der Waals surface area contributed by atoms with Gasteiger partial charge in [0.1, 0.15) is 0 Å². The number of unbranched alkanes of at least 4 members (excludes halogenated alkanes) is 1. The summed E-state index contributed by atoms with van der Waals surface area (Å²) in [6.07, 6.45) is 5.90. The van der Waals surface area contributed by atoms with E-state index < -0.39 is 0 Å². The van der Waals surface area contributed by atoms with Gasteiger partial charge in [0, 0.05) is 32.3 Å². The predicted octanol–water partition coefficient (Wildman–Crippen LogP) is 3.04. The molecule has 0 bridgehead atoms. The highest BCUT2D eigenvalue weighted by molar-refractivity contribution is 5.14. The molecular formula is C19H32N2O. The molecule has 124 valence electrons. The summed E-state index contributed by atoms with van der Waals surface area (Å²) in [5, 5.41) is 12.8. The van der Waals surface area contributed by atoms with Crippen molar-refractivity contribution in [2.45, 2.75) is 51.6 Å². The van der Waals surface area contributed by atoms with Crippen LogP contribution in [0, 0.1) is 5.92 Å². The standard InChI is InChI=1S/C19H32N2O/c1-2-3-11-21-15-18(10-7-12-22)13-19(16-21)20-14-17-8-5-4-6-9-17/h4-6,8-9,18-20,22H,2-3,7,10-16H2,1H3. The third-order valence-electron chi connectivity index (χ3n) is 4.65. The molecule has 3 heteroatoms. The first-order valence-corrected chi connectivity index (χ1v) is 8.92. The third kappa shape index (κ3) is 6.07. The summed E-state index contributed by atoms with van der Waals surface area (Å²) in [6, 6.07) is 11.2. The number of aliphatic hydroxyl groups is 1. The van der Waals surface area contributed by atoms with Gasteiger partial charge in [0.2, 0.25) is 0 Å². The molecule has 0 saturated carbocycles. The fraction of sp³-hybridized carbons (Fsp3) is 0.684. The van der Waals surface area contributed by atoms with Gasteiger partial charge in [0.25, 0.3) is 0 Å². The summed E-state index contributed by atoms with van der Waals surface area (Å²) in [5.74, 6) is 0.728. The van der Waals surface area contributed by atoms with Gasteiger partial charge in [-0.05, 0) is 43.7 Å². The van der Waals surface area contributed by atoms with Crippen molar-refractivity contribution in [3.8, 4) is 0 Å². The average molecular weight is 304 g/mol. The molecule has 1 aromatic rings. The van der Waals surface area contributed by atoms with Gasteiger partial charge in [0.15, 0.2) is 0 Å². The number of rotatable bonds is 9. The van der Waals surface area contributed by atoms with Gasteiger partial charge in [-0.15, -0.1) is 0 Å². The van der Waals surface area contributed by atoms with E-state index in [1.54, 1.807) is 0 Å². The van der Waals surface area contributed by atoms with E-state index in [0.717, 1.165) is 25.3 Å². The molecule has 1 aliphatic heterocycles. The first kappa shape index (κ1) is 17.5. The molecule has 1 saturated heterocycles. The van der Waals surface area contributed by atoms with Crippen molar-refractivity contribution in [2.24, 2.45) is 5.92 Å². The zero-order chi connectivity index (χ0) is 15.6. The van der Waals surface area contributed by atoms with E-state index in [1.165, 1.54) is 44.5 Å². The molecule has 1 heterocycles. The van der Waals surface area contributed by atoms with Crippen LogP contribution in [0.4, 0.5) is 0 Å². The van der Waals surface area contributed by atoms with Gasteiger partial charge < -0.3 is 15.3 Å². The van der Waals surface area contributed by atoms with Crippen molar-refractivity contribution in [3.05, 3.63) is 35.9 Å². The summed E-state index contributed by atoms with van der Waals surface area (Å²) in [7, 11) is 0. The molecule has 0 amide bonds. The molecular weight excluding hydrogens is 272 g/mol. The largest absolute Gasteiger partial charge is 0.396 e. The lowest BCUT2D eigenvalue weighted by Gasteiger charge is -2.38. The molecule has 0 radical (unpaired) electrons. The topological polar surface area (TPSA) is 35.5 Å². The van der Waals surface area contributed by atoms with Gasteiger partial charge in [-0.25, -0.2) is 0 Å². The first-order valence-electron chi connectivity index (χ1n) is 8.92. The molecule has 22 heavy (non-hydrogen) atoms. The average Bonchev–Trinajstić information content (AvgIpc) is 2.57. The minimum atomic E-state index is 0.327. The number of hydrogen-bond acceptors (Lipinski definition) is 3. The summed E-state index contributed by atoms with van der Waals surface area (Å²) in [6.45, 7) is 7.15. The number of benzene rings is 1. The zero-order valence-electron chi connectivity index (χ0n) is 14.0. The van der Waals surface area contributed by atoms with Crippen molar-refractivity contribution in [3.63, 3.8) is 0 Å². The Morgan fingerprint density at radius 3 is 2.73 bits per heavy atom. The molecule has 2 atom stereocenters. The van der Waals surface area contributed by atoms with Crippen molar-refractivity contribution >= 4 is 0 Å². The Kier molecular flexibility index (Phi) is 7.92. The van der Waals surface area contributed by atoms with Gasteiger partial charge >= 0.3 is 0 Å². The van der Waals surface area contributed by atoms with Crippen LogP contribution in [-0.4, -0.2) is 42.3 Å². The van der Waals surface area contributed by atoms with E-state index in [2.05, 4.69) is 47.5 Å². The van der Waals surface area contributed by atoms with Gasteiger partial charge in [-0.3, -0.25) is 0 Å². The van der Waals surface area contributed by atoms with Crippen molar-refractivity contribution < 1.29 is 5.11 Å². The minimum Gasteiger partial charge on any atom is -0.396 e. The van der Waals surface area contributed by atoms with Crippen LogP contribution in [0.5, 0.6) is 0 Å².